The number of rotatable bonds is 5. The van der Waals surface area contributed by atoms with E-state index in [9.17, 15) is 4.79 Å². The van der Waals surface area contributed by atoms with Crippen LogP contribution >= 0.6 is 12.4 Å². The molecule has 1 aromatic carbocycles. The summed E-state index contributed by atoms with van der Waals surface area (Å²) < 4.78 is 5.09. The van der Waals surface area contributed by atoms with Crippen LogP contribution in [0.1, 0.15) is 13.3 Å². The SMILES string of the molecule is COc1ccc(NC(=O)CCN2CCNC[C@H]2C)cc1.Cl. The van der Waals surface area contributed by atoms with Crippen molar-refractivity contribution in [1.29, 1.82) is 0 Å². The zero-order valence-corrected chi connectivity index (χ0v) is 13.4. The van der Waals surface area contributed by atoms with E-state index in [0.717, 1.165) is 37.6 Å². The van der Waals surface area contributed by atoms with E-state index >= 15 is 0 Å². The van der Waals surface area contributed by atoms with Crippen LogP contribution in [0.2, 0.25) is 0 Å². The Hall–Kier alpha value is -1.30. The van der Waals surface area contributed by atoms with Gasteiger partial charge >= 0.3 is 0 Å². The maximum Gasteiger partial charge on any atom is 0.225 e. The smallest absolute Gasteiger partial charge is 0.225 e. The molecular formula is C15H24ClN3O2. The lowest BCUT2D eigenvalue weighted by Gasteiger charge is -2.33. The summed E-state index contributed by atoms with van der Waals surface area (Å²) in [6.45, 7) is 6.01. The molecule has 118 valence electrons. The molecule has 1 aliphatic rings. The maximum atomic E-state index is 11.9. The van der Waals surface area contributed by atoms with Gasteiger partial charge in [-0.25, -0.2) is 0 Å². The molecule has 2 N–H and O–H groups in total. The van der Waals surface area contributed by atoms with Crippen molar-refractivity contribution in [3.05, 3.63) is 24.3 Å². The van der Waals surface area contributed by atoms with Gasteiger partial charge in [-0.05, 0) is 31.2 Å². The number of amides is 1. The number of methoxy groups -OCH3 is 1. The molecule has 6 heteroatoms. The molecule has 0 radical (unpaired) electrons. The first-order valence-electron chi connectivity index (χ1n) is 7.07. The first-order valence-corrected chi connectivity index (χ1v) is 7.07. The number of halogens is 1. The number of hydrogen-bond donors (Lipinski definition) is 2. The Morgan fingerprint density at radius 2 is 2.14 bits per heavy atom. The van der Waals surface area contributed by atoms with Gasteiger partial charge in [-0.15, -0.1) is 12.4 Å². The first-order chi connectivity index (χ1) is 9.69. The molecule has 0 bridgehead atoms. The zero-order chi connectivity index (χ0) is 14.4. The zero-order valence-electron chi connectivity index (χ0n) is 12.6. The number of piperazine rings is 1. The summed E-state index contributed by atoms with van der Waals surface area (Å²) >= 11 is 0. The molecule has 1 amide bonds. The third-order valence-electron chi connectivity index (χ3n) is 3.64. The Morgan fingerprint density at radius 3 is 2.76 bits per heavy atom. The molecule has 21 heavy (non-hydrogen) atoms. The van der Waals surface area contributed by atoms with Gasteiger partial charge in [-0.3, -0.25) is 9.69 Å². The molecule has 1 fully saturated rings. The van der Waals surface area contributed by atoms with Gasteiger partial charge in [0.25, 0.3) is 0 Å². The summed E-state index contributed by atoms with van der Waals surface area (Å²) in [6.07, 6.45) is 0.524. The van der Waals surface area contributed by atoms with Gasteiger partial charge in [0.05, 0.1) is 7.11 Å². The van der Waals surface area contributed by atoms with E-state index in [1.54, 1.807) is 7.11 Å². The van der Waals surface area contributed by atoms with Crippen molar-refractivity contribution in [1.82, 2.24) is 10.2 Å². The van der Waals surface area contributed by atoms with Crippen LogP contribution < -0.4 is 15.4 Å². The van der Waals surface area contributed by atoms with Crippen LogP contribution in [0.3, 0.4) is 0 Å². The van der Waals surface area contributed by atoms with Crippen LogP contribution in [0, 0.1) is 0 Å². The second kappa shape index (κ2) is 8.87. The second-order valence-corrected chi connectivity index (χ2v) is 5.12. The van der Waals surface area contributed by atoms with Crippen molar-refractivity contribution in [2.75, 3.05) is 38.6 Å². The predicted octanol–water partition coefficient (Wildman–Crippen LogP) is 1.74. The summed E-state index contributed by atoms with van der Waals surface area (Å²) in [6, 6.07) is 7.88. The molecule has 1 atom stereocenters. The minimum atomic E-state index is 0. The fourth-order valence-electron chi connectivity index (χ4n) is 2.36. The van der Waals surface area contributed by atoms with Gasteiger partial charge in [0.1, 0.15) is 5.75 Å². The fourth-order valence-corrected chi connectivity index (χ4v) is 2.36. The number of nitrogens with one attached hydrogen (secondary N) is 2. The first kappa shape index (κ1) is 17.8. The van der Waals surface area contributed by atoms with Crippen molar-refractivity contribution >= 4 is 24.0 Å². The molecule has 0 saturated carbocycles. The number of nitrogens with zero attached hydrogens (tertiary/aromatic N) is 1. The molecule has 1 saturated heterocycles. The Labute approximate surface area is 132 Å². The number of ether oxygens (including phenoxy) is 1. The predicted molar refractivity (Wildman–Crippen MR) is 87.4 cm³/mol. The lowest BCUT2D eigenvalue weighted by molar-refractivity contribution is -0.116. The molecule has 1 heterocycles. The number of hydrogen-bond acceptors (Lipinski definition) is 4. The van der Waals surface area contributed by atoms with Gasteiger partial charge in [-0.1, -0.05) is 0 Å². The third kappa shape index (κ3) is 5.53. The standard InChI is InChI=1S/C15H23N3O2.ClH/c1-12-11-16-8-10-18(12)9-7-15(19)17-13-3-5-14(20-2)6-4-13;/h3-6,12,16H,7-11H2,1-2H3,(H,17,19);1H/t12-;/m1./s1. The molecular weight excluding hydrogens is 290 g/mol. The summed E-state index contributed by atoms with van der Waals surface area (Å²) in [7, 11) is 1.63. The van der Waals surface area contributed by atoms with Gasteiger partial charge in [0, 0.05) is 44.3 Å². The maximum absolute atomic E-state index is 11.9. The van der Waals surface area contributed by atoms with Crippen molar-refractivity contribution in [2.24, 2.45) is 0 Å². The average molecular weight is 314 g/mol. The van der Waals surface area contributed by atoms with Crippen LogP contribution in [-0.4, -0.2) is 50.1 Å². The highest BCUT2D eigenvalue weighted by atomic mass is 35.5. The number of benzene rings is 1. The summed E-state index contributed by atoms with van der Waals surface area (Å²) in [5.41, 5.74) is 0.809. The molecule has 0 aromatic heterocycles. The minimum Gasteiger partial charge on any atom is -0.497 e. The lowest BCUT2D eigenvalue weighted by Crippen LogP contribution is -2.50. The molecule has 2 rings (SSSR count). The van der Waals surface area contributed by atoms with Crippen molar-refractivity contribution in [2.45, 2.75) is 19.4 Å². The second-order valence-electron chi connectivity index (χ2n) is 5.12. The van der Waals surface area contributed by atoms with Crippen LogP contribution in [-0.2, 0) is 4.79 Å². The van der Waals surface area contributed by atoms with Crippen LogP contribution in [0.4, 0.5) is 5.69 Å². The van der Waals surface area contributed by atoms with Crippen LogP contribution in [0.25, 0.3) is 0 Å². The Morgan fingerprint density at radius 1 is 1.43 bits per heavy atom. The van der Waals surface area contributed by atoms with Gasteiger partial charge in [0.15, 0.2) is 0 Å². The van der Waals surface area contributed by atoms with E-state index in [0.29, 0.717) is 12.5 Å². The van der Waals surface area contributed by atoms with E-state index < -0.39 is 0 Å². The quantitative estimate of drug-likeness (QED) is 0.869. The van der Waals surface area contributed by atoms with Gasteiger partial charge in [0.2, 0.25) is 5.91 Å². The minimum absolute atomic E-state index is 0. The van der Waals surface area contributed by atoms with E-state index in [1.807, 2.05) is 24.3 Å². The Bertz CT molecular complexity index is 439. The highest BCUT2D eigenvalue weighted by Gasteiger charge is 2.18. The van der Waals surface area contributed by atoms with E-state index in [-0.39, 0.29) is 18.3 Å². The van der Waals surface area contributed by atoms with Crippen LogP contribution in [0.15, 0.2) is 24.3 Å². The summed E-state index contributed by atoms with van der Waals surface area (Å²) in [5.74, 6) is 0.846. The molecule has 1 aliphatic heterocycles. The number of anilines is 1. The Balaban J connectivity index is 0.00000220. The topological polar surface area (TPSA) is 53.6 Å². The summed E-state index contributed by atoms with van der Waals surface area (Å²) in [4.78, 5) is 14.3. The van der Waals surface area contributed by atoms with E-state index in [1.165, 1.54) is 0 Å². The largest absolute Gasteiger partial charge is 0.497 e. The van der Waals surface area contributed by atoms with Crippen molar-refractivity contribution in [3.63, 3.8) is 0 Å². The summed E-state index contributed by atoms with van der Waals surface area (Å²) in [5, 5.41) is 6.26. The number of carbonyl (C=O) groups is 1. The van der Waals surface area contributed by atoms with Crippen LogP contribution in [0.5, 0.6) is 5.75 Å². The molecule has 0 spiro atoms. The Kier molecular flexibility index (Phi) is 7.50. The molecule has 1 aromatic rings. The van der Waals surface area contributed by atoms with Gasteiger partial charge in [-0.2, -0.15) is 0 Å². The molecule has 0 unspecified atom stereocenters. The molecule has 5 nitrogen and oxygen atoms in total. The highest BCUT2D eigenvalue weighted by Crippen LogP contribution is 2.15. The lowest BCUT2D eigenvalue weighted by atomic mass is 10.2. The van der Waals surface area contributed by atoms with Crippen molar-refractivity contribution in [3.8, 4) is 5.75 Å². The van der Waals surface area contributed by atoms with E-state index in [4.69, 9.17) is 4.74 Å². The van der Waals surface area contributed by atoms with Crippen molar-refractivity contribution < 1.29 is 9.53 Å². The molecule has 0 aliphatic carbocycles. The highest BCUT2D eigenvalue weighted by molar-refractivity contribution is 5.90. The number of carbonyl (C=O) groups excluding carboxylic acids is 1. The van der Waals surface area contributed by atoms with E-state index in [2.05, 4.69) is 22.5 Å². The fraction of sp³-hybridized carbons (Fsp3) is 0.533. The monoisotopic (exact) mass is 313 g/mol. The normalized spacial score (nSPS) is 18.7. The third-order valence-corrected chi connectivity index (χ3v) is 3.64. The van der Waals surface area contributed by atoms with Gasteiger partial charge < -0.3 is 15.4 Å². The average Bonchev–Trinajstić information content (AvgIpc) is 2.47.